The number of rotatable bonds is 3. The van der Waals surface area contributed by atoms with Crippen molar-refractivity contribution in [2.75, 3.05) is 7.11 Å². The third-order valence-corrected chi connectivity index (χ3v) is 12.3. The molecule has 174 valence electrons. The number of carbonyl (C=O) groups excluding carboxylic acids is 1. The van der Waals surface area contributed by atoms with Gasteiger partial charge in [-0.2, -0.15) is 0 Å². The van der Waals surface area contributed by atoms with Crippen LogP contribution in [0.15, 0.2) is 11.8 Å². The van der Waals surface area contributed by atoms with E-state index < -0.39 is 39.8 Å². The summed E-state index contributed by atoms with van der Waals surface area (Å²) < 4.78 is 25.0. The van der Waals surface area contributed by atoms with E-state index in [4.69, 9.17) is 18.6 Å². The van der Waals surface area contributed by atoms with Crippen molar-refractivity contribution in [3.05, 3.63) is 11.8 Å². The standard InChI is InChI=1S/C24H40O5Si2/c1-22(2,3)31(10,11)29-16-14-17-19-20(28-23(4,5)27-19)21(25)24(17,18(15-16)26-6)12-13-30(7,8)9/h15,17-20H,14H2,1-11H3/t17-,18-,19-,20-,24+/m1/s1. The molecule has 0 spiro atoms. The van der Waals surface area contributed by atoms with E-state index >= 15 is 0 Å². The Labute approximate surface area is 190 Å². The summed E-state index contributed by atoms with van der Waals surface area (Å²) in [6.07, 6.45) is 1.17. The normalized spacial score (nSPS) is 35.1. The van der Waals surface area contributed by atoms with Crippen molar-refractivity contribution in [2.24, 2.45) is 11.3 Å². The highest BCUT2D eigenvalue weighted by Gasteiger charge is 2.69. The van der Waals surface area contributed by atoms with Gasteiger partial charge in [0, 0.05) is 19.4 Å². The first-order chi connectivity index (χ1) is 13.9. The molecule has 0 aromatic carbocycles. The molecule has 0 bridgehead atoms. The van der Waals surface area contributed by atoms with Crippen molar-refractivity contribution in [1.29, 1.82) is 0 Å². The highest BCUT2D eigenvalue weighted by molar-refractivity contribution is 6.83. The molecule has 0 N–H and O–H groups in total. The largest absolute Gasteiger partial charge is 0.547 e. The maximum Gasteiger partial charge on any atom is 0.250 e. The summed E-state index contributed by atoms with van der Waals surface area (Å²) in [5, 5.41) is 0.0750. The lowest BCUT2D eigenvalue weighted by molar-refractivity contribution is -0.177. The van der Waals surface area contributed by atoms with Gasteiger partial charge in [-0.05, 0) is 38.1 Å². The quantitative estimate of drug-likeness (QED) is 0.439. The Morgan fingerprint density at radius 1 is 1.13 bits per heavy atom. The SMILES string of the molecule is CO[C@@H]1C=C(O[Si](C)(C)C(C)(C)C)C[C@@H]2[C@H]3OC(C)(C)O[C@H]3C(=O)[C@@]21C#C[Si](C)(C)C. The number of hydrogen-bond donors (Lipinski definition) is 0. The average molecular weight is 465 g/mol. The van der Waals surface area contributed by atoms with Crippen LogP contribution in [0, 0.1) is 22.8 Å². The van der Waals surface area contributed by atoms with Crippen LogP contribution in [-0.2, 0) is 23.4 Å². The van der Waals surface area contributed by atoms with Crippen LogP contribution >= 0.6 is 0 Å². The predicted octanol–water partition coefficient (Wildman–Crippen LogP) is 4.90. The summed E-state index contributed by atoms with van der Waals surface area (Å²) in [5.41, 5.74) is 2.50. The Kier molecular flexibility index (Phi) is 6.03. The van der Waals surface area contributed by atoms with E-state index in [9.17, 15) is 4.79 Å². The highest BCUT2D eigenvalue weighted by atomic mass is 28.4. The van der Waals surface area contributed by atoms with E-state index in [2.05, 4.69) is 65.0 Å². The summed E-state index contributed by atoms with van der Waals surface area (Å²) in [4.78, 5) is 13.8. The second-order valence-electron chi connectivity index (χ2n) is 12.2. The maximum absolute atomic E-state index is 13.8. The van der Waals surface area contributed by atoms with E-state index in [1.807, 2.05) is 19.9 Å². The molecule has 1 saturated carbocycles. The lowest BCUT2D eigenvalue weighted by atomic mass is 9.68. The number of ketones is 1. The minimum absolute atomic E-state index is 0.00620. The number of hydrogen-bond acceptors (Lipinski definition) is 5. The highest BCUT2D eigenvalue weighted by Crippen LogP contribution is 2.56. The van der Waals surface area contributed by atoms with Crippen LogP contribution < -0.4 is 0 Å². The summed E-state index contributed by atoms with van der Waals surface area (Å²) >= 11 is 0. The number of fused-ring (bicyclic) bond motifs is 3. The molecule has 0 unspecified atom stereocenters. The van der Waals surface area contributed by atoms with Gasteiger partial charge in [0.15, 0.2) is 11.6 Å². The zero-order chi connectivity index (χ0) is 23.6. The van der Waals surface area contributed by atoms with Gasteiger partial charge < -0.3 is 18.6 Å². The van der Waals surface area contributed by atoms with Crippen molar-refractivity contribution in [3.63, 3.8) is 0 Å². The fourth-order valence-electron chi connectivity index (χ4n) is 4.50. The molecule has 3 aliphatic rings. The van der Waals surface area contributed by atoms with E-state index in [-0.39, 0.29) is 22.8 Å². The topological polar surface area (TPSA) is 54.0 Å². The maximum atomic E-state index is 13.8. The van der Waals surface area contributed by atoms with E-state index in [0.717, 1.165) is 5.76 Å². The number of carbonyl (C=O) groups is 1. The molecule has 5 nitrogen and oxygen atoms in total. The van der Waals surface area contributed by atoms with Gasteiger partial charge >= 0.3 is 0 Å². The van der Waals surface area contributed by atoms with E-state index in [1.54, 1.807) is 7.11 Å². The molecule has 0 aromatic rings. The molecule has 5 atom stereocenters. The first-order valence-corrected chi connectivity index (χ1v) is 17.7. The third kappa shape index (κ3) is 4.34. The molecule has 31 heavy (non-hydrogen) atoms. The Hall–Kier alpha value is -0.916. The van der Waals surface area contributed by atoms with Crippen molar-refractivity contribution < 1.29 is 23.4 Å². The Bertz CT molecular complexity index is 837. The monoisotopic (exact) mass is 464 g/mol. The minimum Gasteiger partial charge on any atom is -0.547 e. The van der Waals surface area contributed by atoms with Crippen LogP contribution in [0.4, 0.5) is 0 Å². The molecular weight excluding hydrogens is 424 g/mol. The second kappa shape index (κ2) is 7.56. The third-order valence-electron chi connectivity index (χ3n) is 7.07. The van der Waals surface area contributed by atoms with Crippen molar-refractivity contribution in [3.8, 4) is 11.5 Å². The van der Waals surface area contributed by atoms with Crippen LogP contribution in [0.2, 0.25) is 37.8 Å². The van der Waals surface area contributed by atoms with Crippen LogP contribution in [0.5, 0.6) is 0 Å². The first kappa shape index (κ1) is 24.7. The molecule has 0 radical (unpaired) electrons. The van der Waals surface area contributed by atoms with Gasteiger partial charge in [0.05, 0.1) is 11.9 Å². The molecule has 0 aromatic heterocycles. The van der Waals surface area contributed by atoms with Crippen LogP contribution in [0.25, 0.3) is 0 Å². The van der Waals surface area contributed by atoms with Gasteiger partial charge in [0.2, 0.25) is 8.32 Å². The average Bonchev–Trinajstić information content (AvgIpc) is 3.01. The smallest absolute Gasteiger partial charge is 0.250 e. The van der Waals surface area contributed by atoms with Crippen LogP contribution in [0.3, 0.4) is 0 Å². The summed E-state index contributed by atoms with van der Waals surface area (Å²) in [6.45, 7) is 21.5. The molecular formula is C24H40O5Si2. The summed E-state index contributed by atoms with van der Waals surface area (Å²) in [6, 6.07) is 0. The van der Waals surface area contributed by atoms with Gasteiger partial charge in [-0.1, -0.05) is 46.3 Å². The number of methoxy groups -OCH3 is 1. The summed E-state index contributed by atoms with van der Waals surface area (Å²) in [5.74, 6) is 3.39. The van der Waals surface area contributed by atoms with Crippen molar-refractivity contribution in [1.82, 2.24) is 0 Å². The number of ether oxygens (including phenoxy) is 3. The molecule has 0 amide bonds. The number of Topliss-reactive ketones (excluding diaryl/α,β-unsaturated/α-hetero) is 1. The Morgan fingerprint density at radius 2 is 1.74 bits per heavy atom. The Balaban J connectivity index is 2.10. The van der Waals surface area contributed by atoms with E-state index in [0.29, 0.717) is 6.42 Å². The molecule has 3 rings (SSSR count). The number of allylic oxidation sites excluding steroid dienone is 1. The minimum atomic E-state index is -2.04. The Morgan fingerprint density at radius 3 is 2.26 bits per heavy atom. The van der Waals surface area contributed by atoms with E-state index in [1.165, 1.54) is 0 Å². The van der Waals surface area contributed by atoms with Gasteiger partial charge in [-0.25, -0.2) is 0 Å². The van der Waals surface area contributed by atoms with Crippen molar-refractivity contribution in [2.45, 2.75) is 103 Å². The second-order valence-corrected chi connectivity index (χ2v) is 21.7. The van der Waals surface area contributed by atoms with Crippen LogP contribution in [-0.4, -0.2) is 53.4 Å². The lowest BCUT2D eigenvalue weighted by Gasteiger charge is -2.44. The van der Waals surface area contributed by atoms with Crippen LogP contribution in [0.1, 0.15) is 41.0 Å². The van der Waals surface area contributed by atoms with Crippen molar-refractivity contribution >= 4 is 22.2 Å². The molecule has 1 saturated heterocycles. The molecule has 1 heterocycles. The lowest BCUT2D eigenvalue weighted by Crippen LogP contribution is -2.50. The van der Waals surface area contributed by atoms with Gasteiger partial charge in [0.25, 0.3) is 0 Å². The molecule has 2 fully saturated rings. The zero-order valence-electron chi connectivity index (χ0n) is 21.1. The van der Waals surface area contributed by atoms with Gasteiger partial charge in [-0.3, -0.25) is 4.79 Å². The predicted molar refractivity (Wildman–Crippen MR) is 128 cm³/mol. The first-order valence-electron chi connectivity index (χ1n) is 11.3. The molecule has 7 heteroatoms. The zero-order valence-corrected chi connectivity index (χ0v) is 23.1. The van der Waals surface area contributed by atoms with Gasteiger partial charge in [-0.15, -0.1) is 5.54 Å². The molecule has 1 aliphatic heterocycles. The fourth-order valence-corrected chi connectivity index (χ4v) is 6.20. The fraction of sp³-hybridized carbons (Fsp3) is 0.792. The summed E-state index contributed by atoms with van der Waals surface area (Å²) in [7, 11) is -2.11. The molecule has 2 aliphatic carbocycles. The van der Waals surface area contributed by atoms with Gasteiger partial charge in [0.1, 0.15) is 25.7 Å².